The van der Waals surface area contributed by atoms with Crippen molar-refractivity contribution in [2.45, 2.75) is 43.6 Å². The third-order valence-corrected chi connectivity index (χ3v) is 7.52. The van der Waals surface area contributed by atoms with Gasteiger partial charge in [-0.15, -0.1) is 0 Å². The smallest absolute Gasteiger partial charge is 0.231 e. The van der Waals surface area contributed by atoms with Gasteiger partial charge in [-0.05, 0) is 61.9 Å². The summed E-state index contributed by atoms with van der Waals surface area (Å²) in [7, 11) is -3.01. The Morgan fingerprint density at radius 2 is 1.77 bits per heavy atom. The highest BCUT2D eigenvalue weighted by molar-refractivity contribution is 7.90. The molecule has 2 aliphatic rings. The van der Waals surface area contributed by atoms with Crippen LogP contribution in [0.1, 0.15) is 48.4 Å². The van der Waals surface area contributed by atoms with Gasteiger partial charge in [0.2, 0.25) is 5.91 Å². The minimum absolute atomic E-state index is 0.0299. The zero-order chi connectivity index (χ0) is 21.9. The zero-order valence-corrected chi connectivity index (χ0v) is 19.0. The molecule has 5 nitrogen and oxygen atoms in total. The number of sulfone groups is 1. The van der Waals surface area contributed by atoms with E-state index in [1.807, 2.05) is 42.5 Å². The van der Waals surface area contributed by atoms with Crippen molar-refractivity contribution in [2.24, 2.45) is 0 Å². The number of hydrogen-bond donors (Lipinski definition) is 1. The fourth-order valence-corrected chi connectivity index (χ4v) is 5.15. The molecule has 2 aromatic carbocycles. The summed E-state index contributed by atoms with van der Waals surface area (Å²) in [4.78, 5) is 15.9. The predicted molar refractivity (Wildman–Crippen MR) is 124 cm³/mol. The van der Waals surface area contributed by atoms with E-state index in [1.165, 1.54) is 19.1 Å². The molecular weight excluding hydrogens is 408 g/mol. The van der Waals surface area contributed by atoms with E-state index < -0.39 is 15.3 Å². The minimum atomic E-state index is -3.01. The van der Waals surface area contributed by atoms with Crippen LogP contribution in [0.15, 0.2) is 54.6 Å². The lowest BCUT2D eigenvalue weighted by molar-refractivity contribution is -0.124. The Morgan fingerprint density at radius 3 is 2.42 bits per heavy atom. The SMILES string of the molecule is CS(=O)(=O)CCc1cccc(C2(C(=O)N[C@H](CN3CCCC3)c3ccccc3)CC2)c1. The van der Waals surface area contributed by atoms with E-state index in [9.17, 15) is 13.2 Å². The number of hydrogen-bond acceptors (Lipinski definition) is 4. The van der Waals surface area contributed by atoms with E-state index in [0.717, 1.165) is 49.2 Å². The lowest BCUT2D eigenvalue weighted by Crippen LogP contribution is -2.41. The van der Waals surface area contributed by atoms with Crippen LogP contribution >= 0.6 is 0 Å². The third kappa shape index (κ3) is 5.55. The van der Waals surface area contributed by atoms with E-state index in [2.05, 4.69) is 22.3 Å². The van der Waals surface area contributed by atoms with Crippen molar-refractivity contribution in [3.63, 3.8) is 0 Å². The van der Waals surface area contributed by atoms with Crippen molar-refractivity contribution in [2.75, 3.05) is 31.6 Å². The number of carbonyl (C=O) groups excluding carboxylic acids is 1. The van der Waals surface area contributed by atoms with Crippen molar-refractivity contribution >= 4 is 15.7 Å². The van der Waals surface area contributed by atoms with Crippen LogP contribution in [0.2, 0.25) is 0 Å². The predicted octanol–water partition coefficient (Wildman–Crippen LogP) is 3.26. The largest absolute Gasteiger partial charge is 0.347 e. The Bertz CT molecular complexity index is 1010. The molecular formula is C25H32N2O3S. The van der Waals surface area contributed by atoms with Crippen LogP contribution in [0.3, 0.4) is 0 Å². The van der Waals surface area contributed by atoms with E-state index in [4.69, 9.17) is 0 Å². The standard InChI is InChI=1S/C25H32N2O3S/c1-31(29,30)17-12-20-8-7-11-22(18-20)25(13-14-25)24(28)26-23(19-27-15-5-6-16-27)21-9-3-2-4-10-21/h2-4,7-11,18,23H,5-6,12-17,19H2,1H3,(H,26,28)/t23-/m1/s1. The third-order valence-electron chi connectivity index (χ3n) is 6.57. The molecule has 0 aromatic heterocycles. The number of rotatable bonds is 9. The molecule has 1 aliphatic carbocycles. The van der Waals surface area contributed by atoms with Gasteiger partial charge in [0.05, 0.1) is 17.2 Å². The van der Waals surface area contributed by atoms with Gasteiger partial charge in [-0.1, -0.05) is 54.6 Å². The van der Waals surface area contributed by atoms with Crippen molar-refractivity contribution in [3.8, 4) is 0 Å². The summed E-state index contributed by atoms with van der Waals surface area (Å²) >= 11 is 0. The van der Waals surface area contributed by atoms with Gasteiger partial charge in [-0.2, -0.15) is 0 Å². The van der Waals surface area contributed by atoms with Gasteiger partial charge in [-0.25, -0.2) is 8.42 Å². The maximum Gasteiger partial charge on any atom is 0.231 e. The van der Waals surface area contributed by atoms with Gasteiger partial charge in [-0.3, -0.25) is 4.79 Å². The number of nitrogens with one attached hydrogen (secondary N) is 1. The van der Waals surface area contributed by atoms with Crippen molar-refractivity contribution in [1.82, 2.24) is 10.2 Å². The average Bonchev–Trinajstić information content (AvgIpc) is 3.42. The van der Waals surface area contributed by atoms with Crippen molar-refractivity contribution in [1.29, 1.82) is 0 Å². The van der Waals surface area contributed by atoms with Gasteiger partial charge in [0, 0.05) is 12.8 Å². The van der Waals surface area contributed by atoms with Crippen LogP contribution in [0.5, 0.6) is 0 Å². The number of benzene rings is 2. The van der Waals surface area contributed by atoms with E-state index in [-0.39, 0.29) is 17.7 Å². The highest BCUT2D eigenvalue weighted by atomic mass is 32.2. The molecule has 0 bridgehead atoms. The topological polar surface area (TPSA) is 66.5 Å². The first kappa shape index (κ1) is 22.0. The fourth-order valence-electron chi connectivity index (χ4n) is 4.54. The van der Waals surface area contributed by atoms with Gasteiger partial charge >= 0.3 is 0 Å². The first-order valence-corrected chi connectivity index (χ1v) is 13.3. The summed E-state index contributed by atoms with van der Waals surface area (Å²) in [6, 6.07) is 18.1. The van der Waals surface area contributed by atoms with Gasteiger partial charge in [0.25, 0.3) is 0 Å². The molecule has 1 heterocycles. The average molecular weight is 441 g/mol. The summed E-state index contributed by atoms with van der Waals surface area (Å²) < 4.78 is 23.1. The van der Waals surface area contributed by atoms with Crippen LogP contribution in [-0.4, -0.2) is 50.9 Å². The lowest BCUT2D eigenvalue weighted by Gasteiger charge is -2.27. The number of nitrogens with zero attached hydrogens (tertiary/aromatic N) is 1. The highest BCUT2D eigenvalue weighted by Crippen LogP contribution is 2.49. The second kappa shape index (κ2) is 9.13. The Hall–Kier alpha value is -2.18. The second-order valence-electron chi connectivity index (χ2n) is 9.11. The maximum absolute atomic E-state index is 13.5. The molecule has 4 rings (SSSR count). The molecule has 1 saturated carbocycles. The Balaban J connectivity index is 1.50. The van der Waals surface area contributed by atoms with Gasteiger partial charge in [0.1, 0.15) is 9.84 Å². The van der Waals surface area contributed by atoms with Crippen LogP contribution in [0, 0.1) is 0 Å². The molecule has 2 aromatic rings. The van der Waals surface area contributed by atoms with Crippen LogP contribution in [0.4, 0.5) is 0 Å². The molecule has 1 atom stereocenters. The Morgan fingerprint density at radius 1 is 1.06 bits per heavy atom. The van der Waals surface area contributed by atoms with Gasteiger partial charge < -0.3 is 10.2 Å². The molecule has 31 heavy (non-hydrogen) atoms. The molecule has 166 valence electrons. The van der Waals surface area contributed by atoms with Crippen LogP contribution in [0.25, 0.3) is 0 Å². The fraction of sp³-hybridized carbons (Fsp3) is 0.480. The van der Waals surface area contributed by atoms with Gasteiger partial charge in [0.15, 0.2) is 0 Å². The first-order chi connectivity index (χ1) is 14.9. The molecule has 0 radical (unpaired) electrons. The normalized spacial score (nSPS) is 19.1. The second-order valence-corrected chi connectivity index (χ2v) is 11.4. The Labute approximate surface area is 185 Å². The summed E-state index contributed by atoms with van der Waals surface area (Å²) in [5.74, 6) is 0.211. The summed E-state index contributed by atoms with van der Waals surface area (Å²) in [5, 5.41) is 3.36. The van der Waals surface area contributed by atoms with Crippen LogP contribution < -0.4 is 5.32 Å². The molecule has 2 fully saturated rings. The van der Waals surface area contributed by atoms with Crippen molar-refractivity contribution < 1.29 is 13.2 Å². The molecule has 1 N–H and O–H groups in total. The number of amides is 1. The van der Waals surface area contributed by atoms with E-state index in [1.54, 1.807) is 0 Å². The monoisotopic (exact) mass is 440 g/mol. The molecule has 1 aliphatic heterocycles. The molecule has 0 unspecified atom stereocenters. The molecule has 1 saturated heterocycles. The highest BCUT2D eigenvalue weighted by Gasteiger charge is 2.51. The van der Waals surface area contributed by atoms with Crippen molar-refractivity contribution in [3.05, 3.63) is 71.3 Å². The lowest BCUT2D eigenvalue weighted by atomic mass is 9.92. The summed E-state index contributed by atoms with van der Waals surface area (Å²) in [5.41, 5.74) is 2.63. The summed E-state index contributed by atoms with van der Waals surface area (Å²) in [6.45, 7) is 3.01. The summed E-state index contributed by atoms with van der Waals surface area (Å²) in [6.07, 6.45) is 5.85. The first-order valence-electron chi connectivity index (χ1n) is 11.2. The van der Waals surface area contributed by atoms with E-state index >= 15 is 0 Å². The number of likely N-dealkylation sites (tertiary alicyclic amines) is 1. The molecule has 0 spiro atoms. The van der Waals surface area contributed by atoms with Crippen LogP contribution in [-0.2, 0) is 26.5 Å². The number of aryl methyl sites for hydroxylation is 1. The number of carbonyl (C=O) groups is 1. The van der Waals surface area contributed by atoms with E-state index in [0.29, 0.717) is 6.42 Å². The Kier molecular flexibility index (Phi) is 6.49. The quantitative estimate of drug-likeness (QED) is 0.650. The minimum Gasteiger partial charge on any atom is -0.347 e. The molecule has 1 amide bonds. The maximum atomic E-state index is 13.5. The zero-order valence-electron chi connectivity index (χ0n) is 18.2. The molecule has 6 heteroatoms.